The van der Waals surface area contributed by atoms with Crippen molar-refractivity contribution < 1.29 is 14.0 Å². The lowest BCUT2D eigenvalue weighted by atomic mass is 9.98. The smallest absolute Gasteiger partial charge is 0.323 e. The number of nitrogens with zero attached hydrogens (tertiary/aromatic N) is 1. The third-order valence-corrected chi connectivity index (χ3v) is 4.40. The Morgan fingerprint density at radius 2 is 2.00 bits per heavy atom. The minimum absolute atomic E-state index is 0.0749. The molecule has 20 heavy (non-hydrogen) atoms. The molecule has 3 rings (SSSR count). The molecule has 0 bridgehead atoms. The molecule has 0 atom stereocenters. The molecule has 1 aromatic carbocycles. The average Bonchev–Trinajstić information content (AvgIpc) is 2.94. The highest BCUT2D eigenvalue weighted by molar-refractivity contribution is 6.31. The fourth-order valence-electron chi connectivity index (χ4n) is 2.96. The second-order valence-electron chi connectivity index (χ2n) is 5.35. The van der Waals surface area contributed by atoms with Crippen LogP contribution in [0.25, 0.3) is 0 Å². The highest BCUT2D eigenvalue weighted by Gasteiger charge is 2.52. The molecule has 4 nitrogen and oxygen atoms in total. The van der Waals surface area contributed by atoms with E-state index in [4.69, 9.17) is 11.6 Å². The molecule has 1 aliphatic heterocycles. The molecule has 1 aromatic rings. The molecule has 2 aliphatic rings. The summed E-state index contributed by atoms with van der Waals surface area (Å²) in [6, 6.07) is 3.56. The summed E-state index contributed by atoms with van der Waals surface area (Å²) in [7, 11) is 0. The van der Waals surface area contributed by atoms with E-state index >= 15 is 0 Å². The van der Waals surface area contributed by atoms with Crippen LogP contribution in [0.2, 0.25) is 5.02 Å². The average molecular weight is 297 g/mol. The van der Waals surface area contributed by atoms with Gasteiger partial charge in [-0.2, -0.15) is 0 Å². The summed E-state index contributed by atoms with van der Waals surface area (Å²) in [6.07, 6.45) is 3.25. The van der Waals surface area contributed by atoms with Crippen molar-refractivity contribution in [3.8, 4) is 0 Å². The van der Waals surface area contributed by atoms with Gasteiger partial charge in [0.25, 0.3) is 5.91 Å². The first-order chi connectivity index (χ1) is 9.52. The lowest BCUT2D eigenvalue weighted by molar-refractivity contribution is -0.131. The Bertz CT molecular complexity index is 585. The normalized spacial score (nSPS) is 20.8. The second-order valence-corrected chi connectivity index (χ2v) is 5.75. The van der Waals surface area contributed by atoms with Crippen LogP contribution in [0.15, 0.2) is 18.2 Å². The van der Waals surface area contributed by atoms with E-state index in [0.29, 0.717) is 18.4 Å². The predicted molar refractivity (Wildman–Crippen MR) is 71.7 cm³/mol. The van der Waals surface area contributed by atoms with Crippen LogP contribution < -0.4 is 5.32 Å². The number of benzene rings is 1. The van der Waals surface area contributed by atoms with Crippen LogP contribution >= 0.6 is 11.6 Å². The number of nitrogens with one attached hydrogen (secondary N) is 1. The molecule has 0 radical (unpaired) electrons. The quantitative estimate of drug-likeness (QED) is 0.853. The van der Waals surface area contributed by atoms with Gasteiger partial charge >= 0.3 is 6.03 Å². The fourth-order valence-corrected chi connectivity index (χ4v) is 3.18. The summed E-state index contributed by atoms with van der Waals surface area (Å²) in [4.78, 5) is 25.6. The minimum Gasteiger partial charge on any atom is -0.323 e. The van der Waals surface area contributed by atoms with Crippen molar-refractivity contribution >= 4 is 23.5 Å². The molecule has 2 fully saturated rings. The lowest BCUT2D eigenvalue weighted by Crippen LogP contribution is -2.44. The van der Waals surface area contributed by atoms with Gasteiger partial charge in [0.15, 0.2) is 0 Å². The molecule has 6 heteroatoms. The molecule has 1 spiro atoms. The van der Waals surface area contributed by atoms with Crippen LogP contribution in [0.3, 0.4) is 0 Å². The largest absolute Gasteiger partial charge is 0.325 e. The first-order valence-corrected chi connectivity index (χ1v) is 6.98. The number of rotatable bonds is 2. The van der Waals surface area contributed by atoms with Crippen LogP contribution in [0.1, 0.15) is 31.2 Å². The molecule has 3 amide bonds. The fraction of sp³-hybridized carbons (Fsp3) is 0.429. The number of urea groups is 1. The first kappa shape index (κ1) is 13.4. The van der Waals surface area contributed by atoms with Gasteiger partial charge in [0.05, 0.1) is 6.54 Å². The summed E-state index contributed by atoms with van der Waals surface area (Å²) >= 11 is 5.94. The van der Waals surface area contributed by atoms with Crippen LogP contribution in [0.4, 0.5) is 9.18 Å². The standard InChI is InChI=1S/C14H14ClFN2O2/c15-11-7-10(16)4-3-9(11)8-18-12(19)14(17-13(18)20)5-1-2-6-14/h3-4,7H,1-2,5-6,8H2,(H,17,20). The van der Waals surface area contributed by atoms with Crippen molar-refractivity contribution in [1.82, 2.24) is 10.2 Å². The SMILES string of the molecule is O=C1NC2(CCCC2)C(=O)N1Cc1ccc(F)cc1Cl. The second kappa shape index (κ2) is 4.74. The number of hydrogen-bond donors (Lipinski definition) is 1. The van der Waals surface area contributed by atoms with Crippen molar-refractivity contribution in [2.24, 2.45) is 0 Å². The molecule has 1 aliphatic carbocycles. The molecule has 106 valence electrons. The van der Waals surface area contributed by atoms with Crippen LogP contribution in [0.5, 0.6) is 0 Å². The number of carbonyl (C=O) groups is 2. The number of carbonyl (C=O) groups excluding carboxylic acids is 2. The van der Waals surface area contributed by atoms with Crippen LogP contribution in [-0.4, -0.2) is 22.4 Å². The predicted octanol–water partition coefficient (Wildman–Crippen LogP) is 2.84. The van der Waals surface area contributed by atoms with E-state index in [1.165, 1.54) is 23.1 Å². The number of halogens is 2. The van der Waals surface area contributed by atoms with E-state index in [1.54, 1.807) is 0 Å². The molecular weight excluding hydrogens is 283 g/mol. The highest BCUT2D eigenvalue weighted by atomic mass is 35.5. The molecule has 1 N–H and O–H groups in total. The highest BCUT2D eigenvalue weighted by Crippen LogP contribution is 2.36. The van der Waals surface area contributed by atoms with Crippen LogP contribution in [0, 0.1) is 5.82 Å². The Morgan fingerprint density at radius 1 is 1.30 bits per heavy atom. The van der Waals surface area contributed by atoms with Gasteiger partial charge in [-0.3, -0.25) is 9.69 Å². The van der Waals surface area contributed by atoms with E-state index in [2.05, 4.69) is 5.32 Å². The Hall–Kier alpha value is -1.62. The van der Waals surface area contributed by atoms with Crippen molar-refractivity contribution in [3.63, 3.8) is 0 Å². The maximum atomic E-state index is 13.0. The van der Waals surface area contributed by atoms with Gasteiger partial charge in [0.2, 0.25) is 0 Å². The molecule has 1 heterocycles. The number of amides is 3. The van der Waals surface area contributed by atoms with E-state index in [9.17, 15) is 14.0 Å². The summed E-state index contributed by atoms with van der Waals surface area (Å²) in [5.74, 6) is -0.636. The Labute approximate surface area is 120 Å². The summed E-state index contributed by atoms with van der Waals surface area (Å²) in [5.41, 5.74) is -0.157. The van der Waals surface area contributed by atoms with E-state index < -0.39 is 17.4 Å². The van der Waals surface area contributed by atoms with Crippen LogP contribution in [-0.2, 0) is 11.3 Å². The van der Waals surface area contributed by atoms with Gasteiger partial charge in [-0.25, -0.2) is 9.18 Å². The Morgan fingerprint density at radius 3 is 2.65 bits per heavy atom. The van der Waals surface area contributed by atoms with E-state index in [-0.39, 0.29) is 17.5 Å². The lowest BCUT2D eigenvalue weighted by Gasteiger charge is -2.20. The van der Waals surface area contributed by atoms with Gasteiger partial charge in [-0.15, -0.1) is 0 Å². The zero-order valence-corrected chi connectivity index (χ0v) is 11.5. The molecule has 0 aromatic heterocycles. The molecule has 1 saturated heterocycles. The summed E-state index contributed by atoms with van der Waals surface area (Å²) < 4.78 is 13.0. The number of imide groups is 1. The zero-order valence-electron chi connectivity index (χ0n) is 10.8. The van der Waals surface area contributed by atoms with Gasteiger partial charge in [0, 0.05) is 5.02 Å². The van der Waals surface area contributed by atoms with Gasteiger partial charge in [0.1, 0.15) is 11.4 Å². The Kier molecular flexibility index (Phi) is 3.17. The third kappa shape index (κ3) is 2.06. The maximum Gasteiger partial charge on any atom is 0.325 e. The van der Waals surface area contributed by atoms with Crippen molar-refractivity contribution in [1.29, 1.82) is 0 Å². The first-order valence-electron chi connectivity index (χ1n) is 6.60. The van der Waals surface area contributed by atoms with Gasteiger partial charge in [-0.1, -0.05) is 30.5 Å². The van der Waals surface area contributed by atoms with Gasteiger partial charge in [-0.05, 0) is 30.5 Å². The topological polar surface area (TPSA) is 49.4 Å². The van der Waals surface area contributed by atoms with Crippen molar-refractivity contribution in [2.45, 2.75) is 37.8 Å². The zero-order chi connectivity index (χ0) is 14.3. The van der Waals surface area contributed by atoms with Crippen molar-refractivity contribution in [2.75, 3.05) is 0 Å². The summed E-state index contributed by atoms with van der Waals surface area (Å²) in [5, 5.41) is 3.02. The van der Waals surface area contributed by atoms with E-state index in [0.717, 1.165) is 12.8 Å². The third-order valence-electron chi connectivity index (χ3n) is 4.05. The monoisotopic (exact) mass is 296 g/mol. The molecule has 1 saturated carbocycles. The number of hydrogen-bond acceptors (Lipinski definition) is 2. The minimum atomic E-state index is -0.719. The van der Waals surface area contributed by atoms with Crippen molar-refractivity contribution in [3.05, 3.63) is 34.6 Å². The maximum absolute atomic E-state index is 13.0. The van der Waals surface area contributed by atoms with E-state index in [1.807, 2.05) is 0 Å². The van der Waals surface area contributed by atoms with Gasteiger partial charge < -0.3 is 5.32 Å². The molecule has 0 unspecified atom stereocenters. The Balaban J connectivity index is 1.84. The summed E-state index contributed by atoms with van der Waals surface area (Å²) in [6.45, 7) is 0.0749. The molecular formula is C14H14ClFN2O2.